The number of benzene rings is 2. The molecule has 0 radical (unpaired) electrons. The fraction of sp³-hybridized carbons (Fsp3) is 0.182. The highest BCUT2D eigenvalue weighted by atomic mass is 79.9. The number of aromatic nitrogens is 3. The molecule has 1 atom stereocenters. The molecule has 0 unspecified atom stereocenters. The third kappa shape index (κ3) is 3.43. The van der Waals surface area contributed by atoms with Gasteiger partial charge in [0, 0.05) is 33.6 Å². The Hall–Kier alpha value is -3.26. The zero-order valence-corrected chi connectivity index (χ0v) is 18.0. The van der Waals surface area contributed by atoms with Crippen LogP contribution in [0.5, 0.6) is 0 Å². The van der Waals surface area contributed by atoms with Gasteiger partial charge in [-0.3, -0.25) is 4.79 Å². The first-order valence-electron chi connectivity index (χ1n) is 9.48. The maximum atomic E-state index is 13.1. The van der Waals surface area contributed by atoms with Gasteiger partial charge < -0.3 is 9.67 Å². The minimum Gasteiger partial charge on any atom is -0.480 e. The molecule has 0 saturated carbocycles. The number of aryl methyl sites for hydroxylation is 1. The molecule has 0 aliphatic carbocycles. The van der Waals surface area contributed by atoms with Crippen molar-refractivity contribution in [2.75, 3.05) is 0 Å². The smallest absolute Gasteiger partial charge is 0.326 e. The molecule has 0 fully saturated rings. The molecule has 30 heavy (non-hydrogen) atoms. The van der Waals surface area contributed by atoms with Crippen molar-refractivity contribution in [3.05, 3.63) is 74.9 Å². The van der Waals surface area contributed by atoms with Gasteiger partial charge in [-0.25, -0.2) is 9.78 Å². The van der Waals surface area contributed by atoms with Crippen LogP contribution < -0.4 is 5.56 Å². The Bertz CT molecular complexity index is 1370. The predicted molar refractivity (Wildman–Crippen MR) is 120 cm³/mol. The van der Waals surface area contributed by atoms with E-state index < -0.39 is 12.0 Å². The predicted octanol–water partition coefficient (Wildman–Crippen LogP) is 4.20. The molecule has 2 aromatic carbocycles. The lowest BCUT2D eigenvalue weighted by molar-refractivity contribution is -0.140. The van der Waals surface area contributed by atoms with Crippen molar-refractivity contribution in [1.82, 2.24) is 14.2 Å². The normalized spacial score (nSPS) is 12.8. The fourth-order valence-electron chi connectivity index (χ4n) is 3.44. The average Bonchev–Trinajstić information content (AvgIpc) is 3.11. The lowest BCUT2D eigenvalue weighted by atomic mass is 10.2. The largest absolute Gasteiger partial charge is 0.480 e. The summed E-state index contributed by atoms with van der Waals surface area (Å²) in [5.74, 6) is -0.373. The van der Waals surface area contributed by atoms with Crippen molar-refractivity contribution in [2.24, 2.45) is 5.10 Å². The number of hydrogen-bond donors (Lipinski definition) is 1. The van der Waals surface area contributed by atoms with E-state index in [2.05, 4.69) is 26.0 Å². The van der Waals surface area contributed by atoms with Crippen LogP contribution in [0.25, 0.3) is 21.8 Å². The summed E-state index contributed by atoms with van der Waals surface area (Å²) in [6, 6.07) is 12.2. The topological polar surface area (TPSA) is 89.5 Å². The summed E-state index contributed by atoms with van der Waals surface area (Å²) in [6.45, 7) is 3.54. The first-order chi connectivity index (χ1) is 14.4. The molecule has 0 bridgehead atoms. The van der Waals surface area contributed by atoms with Crippen LogP contribution in [0.4, 0.5) is 0 Å². The average molecular weight is 467 g/mol. The Kier molecular flexibility index (Phi) is 5.26. The minimum absolute atomic E-state index is 0.253. The van der Waals surface area contributed by atoms with Crippen LogP contribution >= 0.6 is 15.9 Å². The van der Waals surface area contributed by atoms with E-state index in [1.807, 2.05) is 37.3 Å². The highest BCUT2D eigenvalue weighted by Gasteiger charge is 2.17. The van der Waals surface area contributed by atoms with Crippen LogP contribution in [0.15, 0.2) is 63.0 Å². The van der Waals surface area contributed by atoms with Crippen molar-refractivity contribution in [3.63, 3.8) is 0 Å². The second-order valence-corrected chi connectivity index (χ2v) is 7.84. The van der Waals surface area contributed by atoms with E-state index in [1.54, 1.807) is 36.0 Å². The van der Waals surface area contributed by atoms with Gasteiger partial charge in [0.05, 0.1) is 17.1 Å². The quantitative estimate of drug-likeness (QED) is 0.446. The van der Waals surface area contributed by atoms with Gasteiger partial charge >= 0.3 is 5.97 Å². The number of para-hydroxylation sites is 1. The molecule has 8 heteroatoms. The first kappa shape index (κ1) is 20.0. The molecule has 0 amide bonds. The van der Waals surface area contributed by atoms with Crippen LogP contribution in [0.3, 0.4) is 0 Å². The molecule has 2 heterocycles. The first-order valence-corrected chi connectivity index (χ1v) is 10.3. The molecule has 0 aliphatic heterocycles. The highest BCUT2D eigenvalue weighted by molar-refractivity contribution is 9.10. The standard InChI is InChI=1S/C22H19BrN4O3/c1-3-20-25-18-9-8-15(23)10-17(18)21(28)27(20)24-11-14-12-26(13(2)22(29)30)19-7-5-4-6-16(14)19/h4-13H,3H2,1-2H3,(H,29,30)/t13-/m1/s1. The Morgan fingerprint density at radius 2 is 2.03 bits per heavy atom. The number of carboxylic acid groups (broad SMARTS) is 1. The number of fused-ring (bicyclic) bond motifs is 2. The van der Waals surface area contributed by atoms with Gasteiger partial charge in [-0.1, -0.05) is 41.1 Å². The summed E-state index contributed by atoms with van der Waals surface area (Å²) < 4.78 is 3.79. The molecule has 0 saturated heterocycles. The molecule has 0 spiro atoms. The van der Waals surface area contributed by atoms with E-state index in [4.69, 9.17) is 0 Å². The zero-order chi connectivity index (χ0) is 21.4. The SMILES string of the molecule is CCc1nc2ccc(Br)cc2c(=O)n1N=Cc1cn([C@H](C)C(=O)O)c2ccccc12. The van der Waals surface area contributed by atoms with E-state index in [9.17, 15) is 14.7 Å². The van der Waals surface area contributed by atoms with Gasteiger partial charge in [-0.2, -0.15) is 9.78 Å². The van der Waals surface area contributed by atoms with Crippen molar-refractivity contribution in [2.45, 2.75) is 26.3 Å². The molecule has 152 valence electrons. The van der Waals surface area contributed by atoms with Crippen LogP contribution in [0.1, 0.15) is 31.3 Å². The molecular formula is C22H19BrN4O3. The van der Waals surface area contributed by atoms with Gasteiger partial charge in [0.25, 0.3) is 5.56 Å². The second kappa shape index (κ2) is 7.87. The Morgan fingerprint density at radius 3 is 2.77 bits per heavy atom. The molecular weight excluding hydrogens is 448 g/mol. The third-order valence-electron chi connectivity index (χ3n) is 5.05. The number of hydrogen-bond acceptors (Lipinski definition) is 4. The Labute approximate surface area is 180 Å². The Morgan fingerprint density at radius 1 is 1.27 bits per heavy atom. The van der Waals surface area contributed by atoms with Crippen molar-refractivity contribution in [1.29, 1.82) is 0 Å². The highest BCUT2D eigenvalue weighted by Crippen LogP contribution is 2.24. The second-order valence-electron chi connectivity index (χ2n) is 6.93. The number of rotatable bonds is 5. The summed E-state index contributed by atoms with van der Waals surface area (Å²) >= 11 is 3.39. The lowest BCUT2D eigenvalue weighted by Gasteiger charge is -2.09. The number of carbonyl (C=O) groups is 1. The fourth-order valence-corrected chi connectivity index (χ4v) is 3.80. The summed E-state index contributed by atoms with van der Waals surface area (Å²) in [4.78, 5) is 29.1. The van der Waals surface area contributed by atoms with E-state index in [0.717, 1.165) is 20.9 Å². The number of aliphatic carboxylic acids is 1. The van der Waals surface area contributed by atoms with E-state index in [-0.39, 0.29) is 5.56 Å². The molecule has 7 nitrogen and oxygen atoms in total. The van der Waals surface area contributed by atoms with Crippen LogP contribution in [0, 0.1) is 0 Å². The number of carboxylic acids is 1. The van der Waals surface area contributed by atoms with Crippen molar-refractivity contribution in [3.8, 4) is 0 Å². The molecule has 4 rings (SSSR count). The number of nitrogens with zero attached hydrogens (tertiary/aromatic N) is 4. The van der Waals surface area contributed by atoms with Gasteiger partial charge in [0.2, 0.25) is 0 Å². The molecule has 4 aromatic rings. The van der Waals surface area contributed by atoms with Gasteiger partial charge in [0.1, 0.15) is 11.9 Å². The summed E-state index contributed by atoms with van der Waals surface area (Å²) in [5, 5.41) is 15.2. The van der Waals surface area contributed by atoms with Crippen molar-refractivity contribution >= 4 is 49.9 Å². The molecule has 0 aliphatic rings. The number of halogens is 1. The van der Waals surface area contributed by atoms with Crippen LogP contribution in [0.2, 0.25) is 0 Å². The van der Waals surface area contributed by atoms with Gasteiger partial charge in [-0.15, -0.1) is 0 Å². The monoisotopic (exact) mass is 466 g/mol. The molecule has 2 aromatic heterocycles. The minimum atomic E-state index is -0.923. The maximum Gasteiger partial charge on any atom is 0.326 e. The van der Waals surface area contributed by atoms with E-state index in [1.165, 1.54) is 4.68 Å². The summed E-state index contributed by atoms with van der Waals surface area (Å²) in [5.41, 5.74) is 1.88. The van der Waals surface area contributed by atoms with Gasteiger partial charge in [-0.05, 0) is 31.2 Å². The van der Waals surface area contributed by atoms with Crippen LogP contribution in [-0.4, -0.2) is 31.5 Å². The van der Waals surface area contributed by atoms with Crippen LogP contribution in [-0.2, 0) is 11.2 Å². The molecule has 1 N–H and O–H groups in total. The van der Waals surface area contributed by atoms with E-state index in [0.29, 0.717) is 23.1 Å². The summed E-state index contributed by atoms with van der Waals surface area (Å²) in [6.07, 6.45) is 3.87. The zero-order valence-electron chi connectivity index (χ0n) is 16.4. The maximum absolute atomic E-state index is 13.1. The van der Waals surface area contributed by atoms with E-state index >= 15 is 0 Å². The lowest BCUT2D eigenvalue weighted by Crippen LogP contribution is -2.22. The third-order valence-corrected chi connectivity index (χ3v) is 5.54. The van der Waals surface area contributed by atoms with Gasteiger partial charge in [0.15, 0.2) is 0 Å². The Balaban J connectivity index is 1.88. The van der Waals surface area contributed by atoms with Crippen molar-refractivity contribution < 1.29 is 9.90 Å². The summed E-state index contributed by atoms with van der Waals surface area (Å²) in [7, 11) is 0.